The van der Waals surface area contributed by atoms with Crippen LogP contribution >= 0.6 is 0 Å². The van der Waals surface area contributed by atoms with Crippen LogP contribution in [0.1, 0.15) is 26.6 Å². The first-order valence-electron chi connectivity index (χ1n) is 9.47. The van der Waals surface area contributed by atoms with Crippen molar-refractivity contribution in [3.8, 4) is 5.75 Å². The molecule has 0 aliphatic heterocycles. The minimum atomic E-state index is -0.611. The highest BCUT2D eigenvalue weighted by Crippen LogP contribution is 2.31. The van der Waals surface area contributed by atoms with Gasteiger partial charge in [-0.15, -0.1) is 0 Å². The number of para-hydroxylation sites is 1. The first kappa shape index (κ1) is 18.8. The monoisotopic (exact) mass is 389 g/mol. The Balaban J connectivity index is 1.75. The largest absolute Gasteiger partial charge is 0.507 e. The van der Waals surface area contributed by atoms with Crippen LogP contribution in [0.5, 0.6) is 5.75 Å². The van der Waals surface area contributed by atoms with Crippen molar-refractivity contribution in [1.82, 2.24) is 9.97 Å². The van der Waals surface area contributed by atoms with Crippen molar-refractivity contribution in [1.29, 1.82) is 0 Å². The van der Waals surface area contributed by atoms with E-state index >= 15 is 0 Å². The lowest BCUT2D eigenvalue weighted by Crippen LogP contribution is -2.36. The van der Waals surface area contributed by atoms with Crippen molar-refractivity contribution in [2.45, 2.75) is 32.9 Å². The number of carbonyl (C=O) groups excluding carboxylic acids is 1. The summed E-state index contributed by atoms with van der Waals surface area (Å²) < 4.78 is 5.60. The SMILES string of the molecule is CC(C)(C)OC(=O)N(Cc1nc2c(cc(O)c3ccccc32)[nH]1)c1ccccc1. The highest BCUT2D eigenvalue weighted by molar-refractivity contribution is 6.07. The highest BCUT2D eigenvalue weighted by atomic mass is 16.6. The number of aromatic nitrogens is 2. The summed E-state index contributed by atoms with van der Waals surface area (Å²) in [5.41, 5.74) is 1.58. The van der Waals surface area contributed by atoms with Gasteiger partial charge in [-0.1, -0.05) is 42.5 Å². The van der Waals surface area contributed by atoms with Gasteiger partial charge in [-0.25, -0.2) is 9.78 Å². The average molecular weight is 389 g/mol. The molecule has 1 heterocycles. The van der Waals surface area contributed by atoms with Gasteiger partial charge in [0, 0.05) is 22.5 Å². The number of hydrogen-bond acceptors (Lipinski definition) is 4. The first-order chi connectivity index (χ1) is 13.8. The van der Waals surface area contributed by atoms with Crippen LogP contribution in [0, 0.1) is 0 Å². The molecule has 2 N–H and O–H groups in total. The summed E-state index contributed by atoms with van der Waals surface area (Å²) in [5, 5.41) is 11.9. The van der Waals surface area contributed by atoms with Crippen LogP contribution in [0.3, 0.4) is 0 Å². The normalized spacial score (nSPS) is 11.7. The molecule has 0 atom stereocenters. The second kappa shape index (κ2) is 7.13. The Morgan fingerprint density at radius 3 is 2.41 bits per heavy atom. The van der Waals surface area contributed by atoms with E-state index in [4.69, 9.17) is 9.72 Å². The molecule has 1 amide bonds. The van der Waals surface area contributed by atoms with Crippen LogP contribution in [0.15, 0.2) is 60.7 Å². The number of aromatic amines is 1. The minimum absolute atomic E-state index is 0.190. The van der Waals surface area contributed by atoms with Crippen molar-refractivity contribution in [3.05, 3.63) is 66.5 Å². The number of fused-ring (bicyclic) bond motifs is 3. The summed E-state index contributed by atoms with van der Waals surface area (Å²) in [4.78, 5) is 22.4. The molecule has 0 saturated heterocycles. The fourth-order valence-electron chi connectivity index (χ4n) is 3.29. The smallest absolute Gasteiger partial charge is 0.415 e. The maximum Gasteiger partial charge on any atom is 0.415 e. The molecule has 6 heteroatoms. The molecule has 0 spiro atoms. The van der Waals surface area contributed by atoms with Gasteiger partial charge in [0.15, 0.2) is 0 Å². The van der Waals surface area contributed by atoms with E-state index in [-0.39, 0.29) is 12.3 Å². The number of imidazole rings is 1. The van der Waals surface area contributed by atoms with E-state index in [0.717, 1.165) is 22.0 Å². The molecule has 0 saturated carbocycles. The molecule has 0 bridgehead atoms. The Morgan fingerprint density at radius 2 is 1.72 bits per heavy atom. The van der Waals surface area contributed by atoms with Crippen LogP contribution in [-0.4, -0.2) is 26.8 Å². The van der Waals surface area contributed by atoms with E-state index in [1.807, 2.05) is 75.4 Å². The van der Waals surface area contributed by atoms with Gasteiger partial charge in [0.05, 0.1) is 17.6 Å². The zero-order valence-corrected chi connectivity index (χ0v) is 16.6. The van der Waals surface area contributed by atoms with E-state index in [9.17, 15) is 9.90 Å². The fourth-order valence-corrected chi connectivity index (χ4v) is 3.29. The summed E-state index contributed by atoms with van der Waals surface area (Å²) in [6.45, 7) is 5.72. The van der Waals surface area contributed by atoms with Gasteiger partial charge in [0.25, 0.3) is 0 Å². The van der Waals surface area contributed by atoms with Gasteiger partial charge in [-0.2, -0.15) is 0 Å². The number of nitrogens with zero attached hydrogens (tertiary/aromatic N) is 2. The molecule has 148 valence electrons. The molecule has 29 heavy (non-hydrogen) atoms. The van der Waals surface area contributed by atoms with E-state index in [2.05, 4.69) is 4.98 Å². The molecular weight excluding hydrogens is 366 g/mol. The first-order valence-corrected chi connectivity index (χ1v) is 9.47. The lowest BCUT2D eigenvalue weighted by atomic mass is 10.1. The van der Waals surface area contributed by atoms with E-state index in [0.29, 0.717) is 11.3 Å². The molecule has 6 nitrogen and oxygen atoms in total. The summed E-state index contributed by atoms with van der Waals surface area (Å²) >= 11 is 0. The molecule has 1 aromatic heterocycles. The molecule has 4 aromatic rings. The topological polar surface area (TPSA) is 78.4 Å². The van der Waals surface area contributed by atoms with Crippen LogP contribution in [0.2, 0.25) is 0 Å². The number of amides is 1. The molecule has 0 fully saturated rings. The third-order valence-electron chi connectivity index (χ3n) is 4.51. The zero-order valence-electron chi connectivity index (χ0n) is 16.6. The third kappa shape index (κ3) is 3.87. The zero-order chi connectivity index (χ0) is 20.6. The molecule has 0 aliphatic rings. The van der Waals surface area contributed by atoms with Gasteiger partial charge in [-0.3, -0.25) is 4.90 Å². The van der Waals surface area contributed by atoms with Gasteiger partial charge in [0.2, 0.25) is 0 Å². The predicted octanol–water partition coefficient (Wildman–Crippen LogP) is 5.36. The number of phenolic OH excluding ortho intramolecular Hbond substituents is 1. The Hall–Kier alpha value is -3.54. The summed E-state index contributed by atoms with van der Waals surface area (Å²) in [5.74, 6) is 0.792. The van der Waals surface area contributed by atoms with Crippen LogP contribution < -0.4 is 4.90 Å². The van der Waals surface area contributed by atoms with Gasteiger partial charge in [0.1, 0.15) is 17.2 Å². The molecule has 0 unspecified atom stereocenters. The summed E-state index contributed by atoms with van der Waals surface area (Å²) in [6, 6.07) is 18.6. The van der Waals surface area contributed by atoms with Gasteiger partial charge < -0.3 is 14.8 Å². The Kier molecular flexibility index (Phi) is 4.62. The van der Waals surface area contributed by atoms with Gasteiger partial charge in [-0.05, 0) is 32.9 Å². The number of nitrogens with one attached hydrogen (secondary N) is 1. The highest BCUT2D eigenvalue weighted by Gasteiger charge is 2.24. The van der Waals surface area contributed by atoms with Crippen LogP contribution in [0.4, 0.5) is 10.5 Å². The standard InChI is InChI=1S/C23H23N3O3/c1-23(2,3)29-22(28)26(15-9-5-4-6-10-15)14-20-24-18-13-19(27)16-11-7-8-12-17(16)21(18)25-20/h4-13,27H,14H2,1-3H3,(H,24,25). The number of ether oxygens (including phenoxy) is 1. The third-order valence-corrected chi connectivity index (χ3v) is 4.51. The number of H-pyrrole nitrogens is 1. The molecule has 0 radical (unpaired) electrons. The number of anilines is 1. The molecule has 3 aromatic carbocycles. The van der Waals surface area contributed by atoms with E-state index in [1.54, 1.807) is 11.0 Å². The molecular formula is C23H23N3O3. The van der Waals surface area contributed by atoms with E-state index in [1.165, 1.54) is 0 Å². The second-order valence-electron chi connectivity index (χ2n) is 7.92. The van der Waals surface area contributed by atoms with E-state index < -0.39 is 11.7 Å². The maximum atomic E-state index is 12.9. The average Bonchev–Trinajstić information content (AvgIpc) is 3.08. The summed E-state index contributed by atoms with van der Waals surface area (Å²) in [7, 11) is 0. The number of hydrogen-bond donors (Lipinski definition) is 2. The predicted molar refractivity (Wildman–Crippen MR) is 114 cm³/mol. The van der Waals surface area contributed by atoms with Crippen LogP contribution in [-0.2, 0) is 11.3 Å². The van der Waals surface area contributed by atoms with Crippen molar-refractivity contribution >= 4 is 33.6 Å². The Bertz CT molecular complexity index is 1180. The second-order valence-corrected chi connectivity index (χ2v) is 7.92. The maximum absolute atomic E-state index is 12.9. The lowest BCUT2D eigenvalue weighted by molar-refractivity contribution is 0.0576. The van der Waals surface area contributed by atoms with Crippen molar-refractivity contribution in [3.63, 3.8) is 0 Å². The summed E-state index contributed by atoms with van der Waals surface area (Å²) in [6.07, 6.45) is -0.447. The number of aromatic hydroxyl groups is 1. The quantitative estimate of drug-likeness (QED) is 0.494. The van der Waals surface area contributed by atoms with Crippen molar-refractivity contribution < 1.29 is 14.6 Å². The van der Waals surface area contributed by atoms with Gasteiger partial charge >= 0.3 is 6.09 Å². The number of benzene rings is 3. The Morgan fingerprint density at radius 1 is 1.07 bits per heavy atom. The minimum Gasteiger partial charge on any atom is -0.507 e. The number of phenols is 1. The number of rotatable bonds is 3. The van der Waals surface area contributed by atoms with Crippen molar-refractivity contribution in [2.75, 3.05) is 4.90 Å². The molecule has 0 aliphatic carbocycles. The lowest BCUT2D eigenvalue weighted by Gasteiger charge is -2.27. The fraction of sp³-hybridized carbons (Fsp3) is 0.217. The molecule has 4 rings (SSSR count). The number of carbonyl (C=O) groups is 1. The van der Waals surface area contributed by atoms with Crippen molar-refractivity contribution in [2.24, 2.45) is 0 Å². The van der Waals surface area contributed by atoms with Crippen LogP contribution in [0.25, 0.3) is 21.8 Å². The Labute approximate surface area is 168 Å².